The SMILES string of the molecule is CCC(C)NCCSc1ncnc2ccccc12. The molecule has 0 aliphatic heterocycles. The van der Waals surface area contributed by atoms with E-state index in [1.807, 2.05) is 18.2 Å². The van der Waals surface area contributed by atoms with Gasteiger partial charge in [-0.1, -0.05) is 25.1 Å². The van der Waals surface area contributed by atoms with Crippen molar-refractivity contribution in [2.45, 2.75) is 31.3 Å². The maximum Gasteiger partial charge on any atom is 0.117 e. The topological polar surface area (TPSA) is 37.8 Å². The van der Waals surface area contributed by atoms with Gasteiger partial charge in [-0.2, -0.15) is 0 Å². The molecule has 0 fully saturated rings. The van der Waals surface area contributed by atoms with E-state index in [1.165, 1.54) is 6.42 Å². The van der Waals surface area contributed by atoms with Crippen molar-refractivity contribution >= 4 is 22.7 Å². The summed E-state index contributed by atoms with van der Waals surface area (Å²) in [5, 5.41) is 5.71. The Morgan fingerprint density at radius 3 is 2.94 bits per heavy atom. The summed E-state index contributed by atoms with van der Waals surface area (Å²) in [6.07, 6.45) is 2.81. The zero-order valence-corrected chi connectivity index (χ0v) is 11.7. The van der Waals surface area contributed by atoms with E-state index < -0.39 is 0 Å². The molecule has 18 heavy (non-hydrogen) atoms. The minimum Gasteiger partial charge on any atom is -0.313 e. The average Bonchev–Trinajstić information content (AvgIpc) is 2.43. The summed E-state index contributed by atoms with van der Waals surface area (Å²) in [5.41, 5.74) is 1.02. The van der Waals surface area contributed by atoms with Gasteiger partial charge >= 0.3 is 0 Å². The highest BCUT2D eigenvalue weighted by molar-refractivity contribution is 7.99. The molecule has 2 aromatic rings. The molecule has 1 unspecified atom stereocenters. The van der Waals surface area contributed by atoms with Crippen LogP contribution in [0.3, 0.4) is 0 Å². The van der Waals surface area contributed by atoms with Crippen LogP contribution in [0.1, 0.15) is 20.3 Å². The number of benzene rings is 1. The molecule has 3 nitrogen and oxygen atoms in total. The summed E-state index contributed by atoms with van der Waals surface area (Å²) in [4.78, 5) is 8.64. The Kier molecular flexibility index (Phi) is 4.96. The molecule has 1 aromatic carbocycles. The highest BCUT2D eigenvalue weighted by Crippen LogP contribution is 2.23. The molecule has 0 saturated carbocycles. The van der Waals surface area contributed by atoms with Gasteiger partial charge in [-0.15, -0.1) is 11.8 Å². The summed E-state index contributed by atoms with van der Waals surface area (Å²) in [7, 11) is 0. The third-order valence-corrected chi connectivity index (χ3v) is 3.96. The predicted octanol–water partition coefficient (Wildman–Crippen LogP) is 3.11. The minimum absolute atomic E-state index is 0.591. The fourth-order valence-electron chi connectivity index (χ4n) is 1.69. The lowest BCUT2D eigenvalue weighted by Gasteiger charge is -2.10. The normalized spacial score (nSPS) is 12.8. The molecule has 1 N–H and O–H groups in total. The van der Waals surface area contributed by atoms with E-state index in [4.69, 9.17) is 0 Å². The zero-order valence-electron chi connectivity index (χ0n) is 10.9. The molecule has 0 bridgehead atoms. The van der Waals surface area contributed by atoms with Crippen LogP contribution < -0.4 is 5.32 Å². The van der Waals surface area contributed by atoms with Gasteiger partial charge in [0.25, 0.3) is 0 Å². The van der Waals surface area contributed by atoms with Gasteiger partial charge in [-0.3, -0.25) is 0 Å². The van der Waals surface area contributed by atoms with Gasteiger partial charge < -0.3 is 5.32 Å². The first-order valence-corrected chi connectivity index (χ1v) is 7.35. The molecular weight excluding hydrogens is 242 g/mol. The summed E-state index contributed by atoms with van der Waals surface area (Å²) >= 11 is 1.79. The Morgan fingerprint density at radius 2 is 2.11 bits per heavy atom. The number of aromatic nitrogens is 2. The summed E-state index contributed by atoms with van der Waals surface area (Å²) in [5.74, 6) is 1.03. The summed E-state index contributed by atoms with van der Waals surface area (Å²) in [6, 6.07) is 8.74. The third-order valence-electron chi connectivity index (χ3n) is 2.95. The standard InChI is InChI=1S/C14H19N3S/c1-3-11(2)15-8-9-18-14-12-6-4-5-7-13(12)16-10-17-14/h4-7,10-11,15H,3,8-9H2,1-2H3. The molecule has 2 rings (SSSR count). The largest absolute Gasteiger partial charge is 0.313 e. The first-order chi connectivity index (χ1) is 8.81. The maximum atomic E-state index is 4.37. The van der Waals surface area contributed by atoms with Gasteiger partial charge in [0.2, 0.25) is 0 Å². The number of fused-ring (bicyclic) bond motifs is 1. The van der Waals surface area contributed by atoms with Crippen LogP contribution >= 0.6 is 11.8 Å². The maximum absolute atomic E-state index is 4.37. The molecule has 0 aliphatic rings. The van der Waals surface area contributed by atoms with Crippen molar-refractivity contribution in [2.24, 2.45) is 0 Å². The van der Waals surface area contributed by atoms with E-state index >= 15 is 0 Å². The third kappa shape index (κ3) is 3.43. The Hall–Kier alpha value is -1.13. The van der Waals surface area contributed by atoms with Crippen molar-refractivity contribution in [1.29, 1.82) is 0 Å². The van der Waals surface area contributed by atoms with E-state index in [-0.39, 0.29) is 0 Å². The van der Waals surface area contributed by atoms with E-state index in [0.29, 0.717) is 6.04 Å². The van der Waals surface area contributed by atoms with Crippen molar-refractivity contribution in [3.05, 3.63) is 30.6 Å². The van der Waals surface area contributed by atoms with Crippen LogP contribution in [0.25, 0.3) is 10.9 Å². The molecule has 1 aromatic heterocycles. The molecule has 4 heteroatoms. The Bertz CT molecular complexity index is 496. The molecule has 0 radical (unpaired) electrons. The van der Waals surface area contributed by atoms with Gasteiger partial charge in [0.1, 0.15) is 11.4 Å². The highest BCUT2D eigenvalue weighted by Gasteiger charge is 2.03. The lowest BCUT2D eigenvalue weighted by Crippen LogP contribution is -2.27. The van der Waals surface area contributed by atoms with Crippen molar-refractivity contribution in [1.82, 2.24) is 15.3 Å². The van der Waals surface area contributed by atoms with Crippen molar-refractivity contribution < 1.29 is 0 Å². The van der Waals surface area contributed by atoms with E-state index in [2.05, 4.69) is 35.2 Å². The number of thioether (sulfide) groups is 1. The van der Waals surface area contributed by atoms with Gasteiger partial charge in [0.05, 0.1) is 5.52 Å². The van der Waals surface area contributed by atoms with Crippen LogP contribution in [0.2, 0.25) is 0 Å². The van der Waals surface area contributed by atoms with Crippen LogP contribution in [0, 0.1) is 0 Å². The number of para-hydroxylation sites is 1. The first-order valence-electron chi connectivity index (χ1n) is 6.37. The zero-order chi connectivity index (χ0) is 12.8. The van der Waals surface area contributed by atoms with Gasteiger partial charge in [0.15, 0.2) is 0 Å². The Labute approximate surface area is 112 Å². The van der Waals surface area contributed by atoms with Crippen molar-refractivity contribution in [3.63, 3.8) is 0 Å². The van der Waals surface area contributed by atoms with Crippen LogP contribution in [0.4, 0.5) is 0 Å². The average molecular weight is 261 g/mol. The number of nitrogens with one attached hydrogen (secondary N) is 1. The van der Waals surface area contributed by atoms with Crippen LogP contribution in [-0.4, -0.2) is 28.3 Å². The van der Waals surface area contributed by atoms with Crippen LogP contribution in [0.15, 0.2) is 35.6 Å². The first kappa shape index (κ1) is 13.3. The van der Waals surface area contributed by atoms with Crippen LogP contribution in [-0.2, 0) is 0 Å². The molecule has 96 valence electrons. The lowest BCUT2D eigenvalue weighted by molar-refractivity contribution is 0.555. The number of nitrogens with zero attached hydrogens (tertiary/aromatic N) is 2. The monoisotopic (exact) mass is 261 g/mol. The molecule has 0 amide bonds. The second kappa shape index (κ2) is 6.71. The predicted molar refractivity (Wildman–Crippen MR) is 78.0 cm³/mol. The summed E-state index contributed by atoms with van der Waals surface area (Å²) in [6.45, 7) is 5.42. The number of hydrogen-bond donors (Lipinski definition) is 1. The molecule has 1 atom stereocenters. The second-order valence-electron chi connectivity index (χ2n) is 4.31. The number of rotatable bonds is 6. The molecule has 0 aliphatic carbocycles. The minimum atomic E-state index is 0.591. The van der Waals surface area contributed by atoms with Gasteiger partial charge in [-0.25, -0.2) is 9.97 Å². The van der Waals surface area contributed by atoms with E-state index in [0.717, 1.165) is 28.2 Å². The smallest absolute Gasteiger partial charge is 0.117 e. The van der Waals surface area contributed by atoms with E-state index in [1.54, 1.807) is 18.1 Å². The van der Waals surface area contributed by atoms with Gasteiger partial charge in [0, 0.05) is 23.7 Å². The van der Waals surface area contributed by atoms with Crippen molar-refractivity contribution in [3.8, 4) is 0 Å². The molecule has 1 heterocycles. The second-order valence-corrected chi connectivity index (χ2v) is 5.39. The number of hydrogen-bond acceptors (Lipinski definition) is 4. The Morgan fingerprint density at radius 1 is 1.28 bits per heavy atom. The Balaban J connectivity index is 1.95. The highest BCUT2D eigenvalue weighted by atomic mass is 32.2. The van der Waals surface area contributed by atoms with Crippen molar-refractivity contribution in [2.75, 3.05) is 12.3 Å². The van der Waals surface area contributed by atoms with E-state index in [9.17, 15) is 0 Å². The fraction of sp³-hybridized carbons (Fsp3) is 0.429. The van der Waals surface area contributed by atoms with Crippen LogP contribution in [0.5, 0.6) is 0 Å². The lowest BCUT2D eigenvalue weighted by atomic mass is 10.2. The van der Waals surface area contributed by atoms with Gasteiger partial charge in [-0.05, 0) is 19.4 Å². The molecule has 0 saturated heterocycles. The fourth-order valence-corrected chi connectivity index (χ4v) is 2.56. The molecule has 0 spiro atoms. The summed E-state index contributed by atoms with van der Waals surface area (Å²) < 4.78 is 0. The quantitative estimate of drug-likeness (QED) is 0.492. The molecular formula is C14H19N3S.